The lowest BCUT2D eigenvalue weighted by atomic mass is 9.77. The first-order valence-corrected chi connectivity index (χ1v) is 6.45. The second kappa shape index (κ2) is 5.74. The van der Waals surface area contributed by atoms with Crippen LogP contribution in [0.25, 0.3) is 0 Å². The highest BCUT2D eigenvalue weighted by molar-refractivity contribution is 9.10. The maximum Gasteiger partial charge on any atom is 0.317 e. The van der Waals surface area contributed by atoms with Gasteiger partial charge in [0.1, 0.15) is 4.83 Å². The molecule has 1 aliphatic rings. The van der Waals surface area contributed by atoms with E-state index in [1.54, 1.807) is 0 Å². The van der Waals surface area contributed by atoms with E-state index in [4.69, 9.17) is 5.11 Å². The van der Waals surface area contributed by atoms with E-state index in [9.17, 15) is 4.79 Å². The van der Waals surface area contributed by atoms with Crippen molar-refractivity contribution in [3.63, 3.8) is 0 Å². The zero-order valence-electron chi connectivity index (χ0n) is 8.71. The molecule has 0 amide bonds. The molecule has 1 fully saturated rings. The van der Waals surface area contributed by atoms with Crippen molar-refractivity contribution in [3.8, 4) is 0 Å². The molecule has 1 N–H and O–H groups in total. The third kappa shape index (κ3) is 2.97. The van der Waals surface area contributed by atoms with E-state index < -0.39 is 5.97 Å². The fraction of sp³-hybridized carbons (Fsp3) is 0.909. The van der Waals surface area contributed by atoms with Gasteiger partial charge in [-0.1, -0.05) is 61.4 Å². The topological polar surface area (TPSA) is 37.3 Å². The van der Waals surface area contributed by atoms with Gasteiger partial charge in [-0.05, 0) is 11.8 Å². The molecule has 3 heteroatoms. The van der Waals surface area contributed by atoms with Crippen molar-refractivity contribution in [1.82, 2.24) is 0 Å². The molecule has 0 radical (unpaired) electrons. The fourth-order valence-electron chi connectivity index (χ4n) is 2.52. The van der Waals surface area contributed by atoms with Gasteiger partial charge in [0.2, 0.25) is 0 Å². The first kappa shape index (κ1) is 12.0. The van der Waals surface area contributed by atoms with Crippen molar-refractivity contribution >= 4 is 21.9 Å². The Morgan fingerprint density at radius 2 is 2.00 bits per heavy atom. The molecule has 0 aliphatic heterocycles. The second-order valence-electron chi connectivity index (χ2n) is 4.21. The molecule has 14 heavy (non-hydrogen) atoms. The first-order chi connectivity index (χ1) is 6.66. The molecule has 1 aliphatic carbocycles. The van der Waals surface area contributed by atoms with Crippen LogP contribution < -0.4 is 0 Å². The van der Waals surface area contributed by atoms with Gasteiger partial charge in [-0.25, -0.2) is 0 Å². The third-order valence-electron chi connectivity index (χ3n) is 3.34. The Morgan fingerprint density at radius 3 is 2.43 bits per heavy atom. The van der Waals surface area contributed by atoms with E-state index in [0.29, 0.717) is 11.8 Å². The number of carbonyl (C=O) groups is 1. The van der Waals surface area contributed by atoms with Crippen LogP contribution in [0, 0.1) is 11.8 Å². The van der Waals surface area contributed by atoms with E-state index in [1.165, 1.54) is 32.1 Å². The number of carboxylic acids is 1. The Kier molecular flexibility index (Phi) is 4.93. The Bertz CT molecular complexity index is 188. The summed E-state index contributed by atoms with van der Waals surface area (Å²) >= 11 is 3.30. The monoisotopic (exact) mass is 262 g/mol. The summed E-state index contributed by atoms with van der Waals surface area (Å²) in [5, 5.41) is 8.97. The molecule has 2 unspecified atom stereocenters. The van der Waals surface area contributed by atoms with Crippen LogP contribution in [0.15, 0.2) is 0 Å². The van der Waals surface area contributed by atoms with Gasteiger partial charge >= 0.3 is 5.97 Å². The summed E-state index contributed by atoms with van der Waals surface area (Å²) in [5.74, 6) is 0.226. The molecular formula is C11H19BrO2. The smallest absolute Gasteiger partial charge is 0.317 e. The average molecular weight is 263 g/mol. The van der Waals surface area contributed by atoms with Crippen LogP contribution in [-0.2, 0) is 4.79 Å². The second-order valence-corrected chi connectivity index (χ2v) is 5.20. The normalized spacial score (nSPS) is 23.0. The largest absolute Gasteiger partial charge is 0.480 e. The number of aliphatic carboxylic acids is 1. The minimum absolute atomic E-state index is 0.313. The van der Waals surface area contributed by atoms with Gasteiger partial charge in [-0.2, -0.15) is 0 Å². The quantitative estimate of drug-likeness (QED) is 0.789. The molecule has 82 valence electrons. The van der Waals surface area contributed by atoms with Gasteiger partial charge in [-0.3, -0.25) is 4.79 Å². The van der Waals surface area contributed by atoms with Crippen LogP contribution in [-0.4, -0.2) is 15.9 Å². The molecule has 1 rings (SSSR count). The van der Waals surface area contributed by atoms with Crippen molar-refractivity contribution in [2.75, 3.05) is 0 Å². The Hall–Kier alpha value is -0.0500. The summed E-state index contributed by atoms with van der Waals surface area (Å²) in [7, 11) is 0. The zero-order valence-corrected chi connectivity index (χ0v) is 10.3. The van der Waals surface area contributed by atoms with E-state index in [2.05, 4.69) is 22.9 Å². The van der Waals surface area contributed by atoms with Crippen LogP contribution in [0.3, 0.4) is 0 Å². The van der Waals surface area contributed by atoms with E-state index in [0.717, 1.165) is 6.42 Å². The molecular weight excluding hydrogens is 244 g/mol. The van der Waals surface area contributed by atoms with Gasteiger partial charge in [0.05, 0.1) is 0 Å². The number of halogens is 1. The van der Waals surface area contributed by atoms with Crippen molar-refractivity contribution in [1.29, 1.82) is 0 Å². The van der Waals surface area contributed by atoms with Crippen molar-refractivity contribution in [2.45, 2.75) is 50.3 Å². The number of rotatable bonds is 4. The minimum atomic E-state index is -0.706. The lowest BCUT2D eigenvalue weighted by Crippen LogP contribution is -2.30. The highest BCUT2D eigenvalue weighted by atomic mass is 79.9. The zero-order chi connectivity index (χ0) is 10.6. The van der Waals surface area contributed by atoms with E-state index >= 15 is 0 Å². The standard InChI is InChI=1S/C11H19BrO2/c1-2-9(10(12)11(13)14)8-6-4-3-5-7-8/h8-10H,2-7H2,1H3,(H,13,14). The highest BCUT2D eigenvalue weighted by Gasteiger charge is 2.31. The molecule has 1 saturated carbocycles. The van der Waals surface area contributed by atoms with Gasteiger partial charge in [0.25, 0.3) is 0 Å². The molecule has 0 saturated heterocycles. The maximum atomic E-state index is 10.9. The number of hydrogen-bond donors (Lipinski definition) is 1. The summed E-state index contributed by atoms with van der Waals surface area (Å²) in [4.78, 5) is 10.5. The molecule has 2 atom stereocenters. The first-order valence-electron chi connectivity index (χ1n) is 5.53. The van der Waals surface area contributed by atoms with E-state index in [-0.39, 0.29) is 4.83 Å². The van der Waals surface area contributed by atoms with Crippen molar-refractivity contribution in [3.05, 3.63) is 0 Å². The number of carboxylic acid groups (broad SMARTS) is 1. The lowest BCUT2D eigenvalue weighted by molar-refractivity contribution is -0.137. The summed E-state index contributed by atoms with van der Waals surface area (Å²) in [6.45, 7) is 2.09. The fourth-order valence-corrected chi connectivity index (χ4v) is 3.33. The molecule has 0 aromatic carbocycles. The summed E-state index contributed by atoms with van der Waals surface area (Å²) in [5.41, 5.74) is 0. The van der Waals surface area contributed by atoms with Crippen molar-refractivity contribution in [2.24, 2.45) is 11.8 Å². The summed E-state index contributed by atoms with van der Waals surface area (Å²) < 4.78 is 0. The summed E-state index contributed by atoms with van der Waals surface area (Å²) in [6, 6.07) is 0. The van der Waals surface area contributed by atoms with Crippen molar-refractivity contribution < 1.29 is 9.90 Å². The van der Waals surface area contributed by atoms with Gasteiger partial charge < -0.3 is 5.11 Å². The molecule has 0 heterocycles. The number of hydrogen-bond acceptors (Lipinski definition) is 1. The lowest BCUT2D eigenvalue weighted by Gasteiger charge is -2.31. The molecule has 0 aromatic rings. The third-order valence-corrected chi connectivity index (χ3v) is 4.41. The average Bonchev–Trinajstić information content (AvgIpc) is 2.20. The maximum absolute atomic E-state index is 10.9. The van der Waals surface area contributed by atoms with E-state index in [1.807, 2.05) is 0 Å². The van der Waals surface area contributed by atoms with Crippen LogP contribution in [0.1, 0.15) is 45.4 Å². The molecule has 0 spiro atoms. The molecule has 0 aromatic heterocycles. The van der Waals surface area contributed by atoms with Gasteiger partial charge in [-0.15, -0.1) is 0 Å². The molecule has 2 nitrogen and oxygen atoms in total. The van der Waals surface area contributed by atoms with Gasteiger partial charge in [0, 0.05) is 0 Å². The SMILES string of the molecule is CCC(C1CCCCC1)C(Br)C(=O)O. The van der Waals surface area contributed by atoms with Gasteiger partial charge in [0.15, 0.2) is 0 Å². The predicted molar refractivity (Wildman–Crippen MR) is 60.7 cm³/mol. The Labute approximate surface area is 94.2 Å². The van der Waals surface area contributed by atoms with Crippen LogP contribution in [0.5, 0.6) is 0 Å². The minimum Gasteiger partial charge on any atom is -0.480 e. The Balaban J connectivity index is 2.55. The predicted octanol–water partition coefficient (Wildman–Crippen LogP) is 3.44. The van der Waals surface area contributed by atoms with Crippen LogP contribution in [0.2, 0.25) is 0 Å². The van der Waals surface area contributed by atoms with Crippen LogP contribution >= 0.6 is 15.9 Å². The summed E-state index contributed by atoms with van der Waals surface area (Å²) in [6.07, 6.45) is 7.28. The Morgan fingerprint density at radius 1 is 1.43 bits per heavy atom. The molecule has 0 bridgehead atoms. The highest BCUT2D eigenvalue weighted by Crippen LogP contribution is 2.35. The number of alkyl halides is 1. The van der Waals surface area contributed by atoms with Crippen LogP contribution in [0.4, 0.5) is 0 Å².